The monoisotopic (exact) mass is 315 g/mol. The van der Waals surface area contributed by atoms with Gasteiger partial charge in [0.05, 0.1) is 0 Å². The largest absolute Gasteiger partial charge is 0.394 e. The van der Waals surface area contributed by atoms with Crippen molar-refractivity contribution in [2.75, 3.05) is 7.05 Å². The van der Waals surface area contributed by atoms with Crippen molar-refractivity contribution >= 4 is 28.2 Å². The summed E-state index contributed by atoms with van der Waals surface area (Å²) in [5, 5.41) is 7.74. The first kappa shape index (κ1) is 15.7. The molecule has 0 aliphatic rings. The molecule has 22 heavy (non-hydrogen) atoms. The summed E-state index contributed by atoms with van der Waals surface area (Å²) in [6, 6.07) is 9.69. The Morgan fingerprint density at radius 2 is 2.18 bits per heavy atom. The van der Waals surface area contributed by atoms with Gasteiger partial charge < -0.3 is 16.4 Å². The number of rotatable bonds is 6. The van der Waals surface area contributed by atoms with E-state index in [9.17, 15) is 4.79 Å². The molecular formula is C15H17N5OS. The quantitative estimate of drug-likeness (QED) is 0.560. The number of nitrogens with zero attached hydrogens (tertiary/aromatic N) is 2. The number of carbonyl (C=O) groups excluding carboxylic acids is 1. The fourth-order valence-corrected chi connectivity index (χ4v) is 2.29. The number of aliphatic imine (C=N–C) groups is 1. The Balaban J connectivity index is 1.96. The predicted molar refractivity (Wildman–Crippen MR) is 89.2 cm³/mol. The van der Waals surface area contributed by atoms with E-state index < -0.39 is 0 Å². The van der Waals surface area contributed by atoms with Gasteiger partial charge in [0.25, 0.3) is 5.91 Å². The van der Waals surface area contributed by atoms with Gasteiger partial charge in [0.15, 0.2) is 0 Å². The zero-order chi connectivity index (χ0) is 15.8. The predicted octanol–water partition coefficient (Wildman–Crippen LogP) is 1.79. The van der Waals surface area contributed by atoms with E-state index in [1.807, 2.05) is 30.3 Å². The molecule has 4 N–H and O–H groups in total. The standard InChI is InChI=1S/C15H17N5OS/c1-17-8-7-13(16)20-15-19-12(10-22-15)14(21)18-9-11-5-3-2-4-6-11/h2-8,10,17H,9H2,1H3,(H,18,21)(H2,16,19,20). The molecule has 0 unspecified atom stereocenters. The Hall–Kier alpha value is -2.67. The van der Waals surface area contributed by atoms with Gasteiger partial charge in [-0.15, -0.1) is 11.3 Å². The van der Waals surface area contributed by atoms with E-state index in [4.69, 9.17) is 5.73 Å². The summed E-state index contributed by atoms with van der Waals surface area (Å²) in [4.78, 5) is 20.3. The SMILES string of the molecule is CNC=CC(N)=Nc1nc(C(=O)NCc2ccccc2)cs1. The summed E-state index contributed by atoms with van der Waals surface area (Å²) in [7, 11) is 1.77. The third kappa shape index (κ3) is 4.71. The number of amides is 1. The van der Waals surface area contributed by atoms with Crippen LogP contribution >= 0.6 is 11.3 Å². The lowest BCUT2D eigenvalue weighted by Gasteiger charge is -2.02. The second-order valence-electron chi connectivity index (χ2n) is 4.34. The third-order valence-corrected chi connectivity index (χ3v) is 3.40. The molecule has 0 atom stereocenters. The van der Waals surface area contributed by atoms with Crippen molar-refractivity contribution in [3.8, 4) is 0 Å². The number of nitrogens with one attached hydrogen (secondary N) is 2. The minimum absolute atomic E-state index is 0.231. The molecule has 0 spiro atoms. The first-order valence-corrected chi connectivity index (χ1v) is 7.52. The van der Waals surface area contributed by atoms with Crippen LogP contribution in [0.2, 0.25) is 0 Å². The highest BCUT2D eigenvalue weighted by atomic mass is 32.1. The topological polar surface area (TPSA) is 92.4 Å². The minimum Gasteiger partial charge on any atom is -0.394 e. The molecular weight excluding hydrogens is 298 g/mol. The van der Waals surface area contributed by atoms with Gasteiger partial charge in [-0.25, -0.2) is 9.98 Å². The van der Waals surface area contributed by atoms with Crippen LogP contribution in [0.15, 0.2) is 53.0 Å². The highest BCUT2D eigenvalue weighted by Gasteiger charge is 2.10. The van der Waals surface area contributed by atoms with Crippen LogP contribution in [0.4, 0.5) is 5.13 Å². The maximum absolute atomic E-state index is 12.0. The van der Waals surface area contributed by atoms with Crippen LogP contribution in [0.5, 0.6) is 0 Å². The van der Waals surface area contributed by atoms with Crippen molar-refractivity contribution in [3.05, 3.63) is 59.2 Å². The van der Waals surface area contributed by atoms with Crippen molar-refractivity contribution in [2.24, 2.45) is 10.7 Å². The van der Waals surface area contributed by atoms with Crippen LogP contribution in [0.25, 0.3) is 0 Å². The van der Waals surface area contributed by atoms with Gasteiger partial charge in [0.1, 0.15) is 11.5 Å². The summed E-state index contributed by atoms with van der Waals surface area (Å²) < 4.78 is 0. The average Bonchev–Trinajstić information content (AvgIpc) is 3.00. The van der Waals surface area contributed by atoms with E-state index in [2.05, 4.69) is 20.6 Å². The molecule has 0 saturated carbocycles. The lowest BCUT2D eigenvalue weighted by atomic mass is 10.2. The second kappa shape index (κ2) is 7.94. The Bertz CT molecular complexity index is 678. The molecule has 1 heterocycles. The number of benzene rings is 1. The van der Waals surface area contributed by atoms with Gasteiger partial charge in [-0.2, -0.15) is 0 Å². The van der Waals surface area contributed by atoms with Gasteiger partial charge in [0.2, 0.25) is 5.13 Å². The van der Waals surface area contributed by atoms with Crippen molar-refractivity contribution in [1.82, 2.24) is 15.6 Å². The summed E-state index contributed by atoms with van der Waals surface area (Å²) >= 11 is 1.27. The minimum atomic E-state index is -0.231. The summed E-state index contributed by atoms with van der Waals surface area (Å²) in [6.07, 6.45) is 3.29. The summed E-state index contributed by atoms with van der Waals surface area (Å²) in [6.45, 7) is 0.461. The van der Waals surface area contributed by atoms with Gasteiger partial charge in [-0.3, -0.25) is 4.79 Å². The highest BCUT2D eigenvalue weighted by molar-refractivity contribution is 7.13. The van der Waals surface area contributed by atoms with Crippen molar-refractivity contribution in [1.29, 1.82) is 0 Å². The molecule has 0 aliphatic heterocycles. The molecule has 2 aromatic rings. The lowest BCUT2D eigenvalue weighted by molar-refractivity contribution is 0.0946. The zero-order valence-corrected chi connectivity index (χ0v) is 12.9. The molecule has 1 amide bonds. The normalized spacial score (nSPS) is 11.6. The van der Waals surface area contributed by atoms with E-state index in [0.29, 0.717) is 23.2 Å². The van der Waals surface area contributed by atoms with E-state index in [1.165, 1.54) is 11.3 Å². The zero-order valence-electron chi connectivity index (χ0n) is 12.1. The van der Waals surface area contributed by atoms with Gasteiger partial charge >= 0.3 is 0 Å². The first-order valence-electron chi connectivity index (χ1n) is 6.64. The van der Waals surface area contributed by atoms with Crippen LogP contribution in [0.1, 0.15) is 16.1 Å². The second-order valence-corrected chi connectivity index (χ2v) is 5.18. The molecule has 114 valence electrons. The molecule has 1 aromatic heterocycles. The lowest BCUT2D eigenvalue weighted by Crippen LogP contribution is -2.22. The Morgan fingerprint density at radius 3 is 2.91 bits per heavy atom. The molecule has 0 aliphatic carbocycles. The average molecular weight is 315 g/mol. The molecule has 0 radical (unpaired) electrons. The van der Waals surface area contributed by atoms with Crippen molar-refractivity contribution in [3.63, 3.8) is 0 Å². The number of hydrogen-bond donors (Lipinski definition) is 3. The van der Waals surface area contributed by atoms with Crippen LogP contribution < -0.4 is 16.4 Å². The molecule has 0 bridgehead atoms. The summed E-state index contributed by atoms with van der Waals surface area (Å²) in [5.41, 5.74) is 7.07. The van der Waals surface area contributed by atoms with E-state index >= 15 is 0 Å². The first-order chi connectivity index (χ1) is 10.7. The Morgan fingerprint density at radius 1 is 1.41 bits per heavy atom. The van der Waals surface area contributed by atoms with Gasteiger partial charge in [-0.05, 0) is 17.8 Å². The van der Waals surface area contributed by atoms with Crippen LogP contribution in [0, 0.1) is 0 Å². The van der Waals surface area contributed by atoms with Crippen LogP contribution in [-0.4, -0.2) is 23.8 Å². The molecule has 1 aromatic carbocycles. The van der Waals surface area contributed by atoms with Crippen LogP contribution in [-0.2, 0) is 6.54 Å². The number of carbonyl (C=O) groups is 1. The maximum atomic E-state index is 12.0. The summed E-state index contributed by atoms with van der Waals surface area (Å²) in [5.74, 6) is 0.0887. The Labute approximate surface area is 132 Å². The molecule has 7 heteroatoms. The number of thiazole rings is 1. The number of aromatic nitrogens is 1. The van der Waals surface area contributed by atoms with Crippen molar-refractivity contribution < 1.29 is 4.79 Å². The molecule has 0 saturated heterocycles. The van der Waals surface area contributed by atoms with E-state index in [0.717, 1.165) is 5.56 Å². The molecule has 0 fully saturated rings. The van der Waals surface area contributed by atoms with Crippen molar-refractivity contribution in [2.45, 2.75) is 6.54 Å². The van der Waals surface area contributed by atoms with Crippen LogP contribution in [0.3, 0.4) is 0 Å². The highest BCUT2D eigenvalue weighted by Crippen LogP contribution is 2.18. The van der Waals surface area contributed by atoms with E-state index in [-0.39, 0.29) is 5.91 Å². The number of hydrogen-bond acceptors (Lipinski definition) is 5. The van der Waals surface area contributed by atoms with Gasteiger partial charge in [-0.1, -0.05) is 30.3 Å². The Kier molecular flexibility index (Phi) is 5.67. The molecule has 2 rings (SSSR count). The van der Waals surface area contributed by atoms with Gasteiger partial charge in [0, 0.05) is 19.0 Å². The maximum Gasteiger partial charge on any atom is 0.271 e. The van der Waals surface area contributed by atoms with E-state index in [1.54, 1.807) is 24.7 Å². The number of amidine groups is 1. The fraction of sp³-hybridized carbons (Fsp3) is 0.133. The number of nitrogens with two attached hydrogens (primary N) is 1. The fourth-order valence-electron chi connectivity index (χ4n) is 1.61. The third-order valence-electron chi connectivity index (χ3n) is 2.67. The molecule has 6 nitrogen and oxygen atoms in total. The smallest absolute Gasteiger partial charge is 0.271 e.